The lowest BCUT2D eigenvalue weighted by Gasteiger charge is -2.39. The summed E-state index contributed by atoms with van der Waals surface area (Å²) in [7, 11) is 2.27. The number of anilines is 1. The van der Waals surface area contributed by atoms with Gasteiger partial charge in [-0.05, 0) is 32.0 Å². The highest BCUT2D eigenvalue weighted by Gasteiger charge is 2.37. The van der Waals surface area contributed by atoms with E-state index in [-0.39, 0.29) is 0 Å². The van der Waals surface area contributed by atoms with E-state index in [1.807, 2.05) is 6.07 Å². The van der Waals surface area contributed by atoms with Crippen molar-refractivity contribution in [1.82, 2.24) is 9.88 Å². The second kappa shape index (κ2) is 9.34. The zero-order valence-corrected chi connectivity index (χ0v) is 16.3. The molecule has 0 amide bonds. The minimum Gasteiger partial charge on any atom is -0.478 e. The van der Waals surface area contributed by atoms with Crippen molar-refractivity contribution in [1.29, 1.82) is 0 Å². The van der Waals surface area contributed by atoms with Crippen LogP contribution in [0.5, 0.6) is 0 Å². The summed E-state index contributed by atoms with van der Waals surface area (Å²) < 4.78 is 0. The van der Waals surface area contributed by atoms with Gasteiger partial charge in [0.25, 0.3) is 0 Å². The molecule has 1 aromatic carbocycles. The highest BCUT2D eigenvalue weighted by atomic mass is 16.4. The number of aliphatic carboxylic acids is 2. The van der Waals surface area contributed by atoms with Gasteiger partial charge in [-0.25, -0.2) is 14.6 Å². The van der Waals surface area contributed by atoms with Gasteiger partial charge < -0.3 is 15.1 Å². The van der Waals surface area contributed by atoms with Crippen LogP contribution in [0.3, 0.4) is 0 Å². The Hall–Kier alpha value is -3.19. The van der Waals surface area contributed by atoms with Crippen LogP contribution in [0.1, 0.15) is 12.8 Å². The Morgan fingerprint density at radius 1 is 0.931 bits per heavy atom. The number of pyridine rings is 1. The quantitative estimate of drug-likeness (QED) is 0.769. The first kappa shape index (κ1) is 20.5. The number of nitrogens with zero attached hydrogens (tertiary/aromatic N) is 3. The van der Waals surface area contributed by atoms with Gasteiger partial charge >= 0.3 is 11.9 Å². The monoisotopic (exact) mass is 395 g/mol. The molecule has 2 aliphatic rings. The fraction of sp³-hybridized carbons (Fsp3) is 0.318. The number of hydrogen-bond donors (Lipinski definition) is 2. The Labute approximate surface area is 169 Å². The van der Waals surface area contributed by atoms with E-state index in [1.165, 1.54) is 18.4 Å². The van der Waals surface area contributed by atoms with Crippen LogP contribution in [0, 0.1) is 0 Å². The Kier molecular flexibility index (Phi) is 6.61. The molecule has 2 unspecified atom stereocenters. The summed E-state index contributed by atoms with van der Waals surface area (Å²) in [5, 5.41) is 15.6. The predicted octanol–water partition coefficient (Wildman–Crippen LogP) is 2.74. The minimum atomic E-state index is -1.26. The molecule has 3 heterocycles. The number of carbonyl (C=O) groups is 2. The molecular formula is C22H25N3O4. The Morgan fingerprint density at radius 2 is 1.52 bits per heavy atom. The molecule has 1 aromatic heterocycles. The number of carboxylic acids is 2. The van der Waals surface area contributed by atoms with Gasteiger partial charge in [0.2, 0.25) is 0 Å². The van der Waals surface area contributed by atoms with Gasteiger partial charge in [0.15, 0.2) is 0 Å². The van der Waals surface area contributed by atoms with Gasteiger partial charge in [-0.1, -0.05) is 36.4 Å². The number of aromatic nitrogens is 1. The van der Waals surface area contributed by atoms with Gasteiger partial charge in [-0.3, -0.25) is 4.90 Å². The number of rotatable bonds is 4. The highest BCUT2D eigenvalue weighted by molar-refractivity contribution is 5.89. The molecule has 152 valence electrons. The lowest BCUT2D eigenvalue weighted by molar-refractivity contribution is -0.134. The normalized spacial score (nSPS) is 20.9. The number of benzene rings is 1. The van der Waals surface area contributed by atoms with Crippen LogP contribution in [0.15, 0.2) is 60.7 Å². The number of likely N-dealkylation sites (N-methyl/N-ethyl adjacent to an activating group) is 1. The van der Waals surface area contributed by atoms with Gasteiger partial charge in [0.1, 0.15) is 5.82 Å². The number of piperazine rings is 1. The lowest BCUT2D eigenvalue weighted by atomic mass is 10.1. The second-order valence-electron chi connectivity index (χ2n) is 7.21. The molecule has 2 aliphatic heterocycles. The first-order valence-electron chi connectivity index (χ1n) is 9.57. The summed E-state index contributed by atoms with van der Waals surface area (Å²) in [6, 6.07) is 18.2. The molecule has 2 bridgehead atoms. The maximum absolute atomic E-state index is 9.55. The fourth-order valence-corrected chi connectivity index (χ4v) is 3.81. The summed E-state index contributed by atoms with van der Waals surface area (Å²) in [4.78, 5) is 29.0. The van der Waals surface area contributed by atoms with Crippen LogP contribution in [0.2, 0.25) is 0 Å². The third kappa shape index (κ3) is 5.42. The zero-order valence-electron chi connectivity index (χ0n) is 16.3. The van der Waals surface area contributed by atoms with Crippen molar-refractivity contribution in [2.75, 3.05) is 25.0 Å². The van der Waals surface area contributed by atoms with E-state index in [2.05, 4.69) is 59.3 Å². The Balaban J connectivity index is 0.000000258. The lowest BCUT2D eigenvalue weighted by Crippen LogP contribution is -2.52. The molecule has 2 fully saturated rings. The van der Waals surface area contributed by atoms with Crippen molar-refractivity contribution in [2.24, 2.45) is 0 Å². The van der Waals surface area contributed by atoms with E-state index >= 15 is 0 Å². The van der Waals surface area contributed by atoms with Crippen LogP contribution >= 0.6 is 0 Å². The van der Waals surface area contributed by atoms with Gasteiger partial charge in [-0.15, -0.1) is 0 Å². The average molecular weight is 395 g/mol. The molecular weight excluding hydrogens is 370 g/mol. The van der Waals surface area contributed by atoms with E-state index in [1.54, 1.807) is 0 Å². The maximum Gasteiger partial charge on any atom is 0.328 e. The first-order chi connectivity index (χ1) is 13.9. The average Bonchev–Trinajstić information content (AvgIpc) is 2.93. The van der Waals surface area contributed by atoms with E-state index in [0.717, 1.165) is 24.6 Å². The summed E-state index contributed by atoms with van der Waals surface area (Å²) in [6.45, 7) is 2.22. The third-order valence-electron chi connectivity index (χ3n) is 5.34. The fourth-order valence-electron chi connectivity index (χ4n) is 3.81. The van der Waals surface area contributed by atoms with E-state index < -0.39 is 11.9 Å². The van der Waals surface area contributed by atoms with Crippen molar-refractivity contribution in [3.63, 3.8) is 0 Å². The highest BCUT2D eigenvalue weighted by Crippen LogP contribution is 2.31. The smallest absolute Gasteiger partial charge is 0.328 e. The Morgan fingerprint density at radius 3 is 2.07 bits per heavy atom. The van der Waals surface area contributed by atoms with Crippen molar-refractivity contribution in [2.45, 2.75) is 24.9 Å². The van der Waals surface area contributed by atoms with Crippen LogP contribution in [-0.2, 0) is 9.59 Å². The van der Waals surface area contributed by atoms with Crippen LogP contribution < -0.4 is 4.90 Å². The molecule has 7 heteroatoms. The number of fused-ring (bicyclic) bond motifs is 2. The van der Waals surface area contributed by atoms with E-state index in [4.69, 9.17) is 15.2 Å². The van der Waals surface area contributed by atoms with Crippen LogP contribution in [0.25, 0.3) is 11.3 Å². The molecule has 0 spiro atoms. The van der Waals surface area contributed by atoms with Crippen molar-refractivity contribution in [3.05, 3.63) is 60.7 Å². The van der Waals surface area contributed by atoms with Gasteiger partial charge in [0, 0.05) is 42.9 Å². The number of hydrogen-bond acceptors (Lipinski definition) is 5. The van der Waals surface area contributed by atoms with Crippen LogP contribution in [-0.4, -0.2) is 64.3 Å². The summed E-state index contributed by atoms with van der Waals surface area (Å²) >= 11 is 0. The SMILES string of the molecule is CN1C2CCC1CN(c1cccc(-c3ccccc3)n1)C2.O=C(O)/C=C/C(=O)O. The van der Waals surface area contributed by atoms with Crippen LogP contribution in [0.4, 0.5) is 5.82 Å². The van der Waals surface area contributed by atoms with E-state index in [9.17, 15) is 9.59 Å². The maximum atomic E-state index is 9.55. The topological polar surface area (TPSA) is 94.0 Å². The van der Waals surface area contributed by atoms with Crippen molar-refractivity contribution in [3.8, 4) is 11.3 Å². The zero-order chi connectivity index (χ0) is 20.8. The molecule has 2 saturated heterocycles. The van der Waals surface area contributed by atoms with Crippen molar-refractivity contribution >= 4 is 17.8 Å². The molecule has 2 aromatic rings. The predicted molar refractivity (Wildman–Crippen MR) is 111 cm³/mol. The molecule has 0 radical (unpaired) electrons. The largest absolute Gasteiger partial charge is 0.478 e. The molecule has 2 atom stereocenters. The minimum absolute atomic E-state index is 0.558. The van der Waals surface area contributed by atoms with Gasteiger partial charge in [0.05, 0.1) is 5.69 Å². The molecule has 2 N–H and O–H groups in total. The summed E-state index contributed by atoms with van der Waals surface area (Å²) in [5.74, 6) is -1.39. The first-order valence-corrected chi connectivity index (χ1v) is 9.57. The summed E-state index contributed by atoms with van der Waals surface area (Å²) in [6.07, 6.45) is 3.77. The van der Waals surface area contributed by atoms with E-state index in [0.29, 0.717) is 24.2 Å². The molecule has 0 aliphatic carbocycles. The summed E-state index contributed by atoms with van der Waals surface area (Å²) in [5.41, 5.74) is 2.26. The molecule has 4 rings (SSSR count). The van der Waals surface area contributed by atoms with Gasteiger partial charge in [-0.2, -0.15) is 0 Å². The Bertz CT molecular complexity index is 855. The third-order valence-corrected chi connectivity index (χ3v) is 5.34. The standard InChI is InChI=1S/C18H21N3.C4H4O4/c1-20-15-10-11-16(20)13-21(12-15)18-9-5-8-17(19-18)14-6-3-2-4-7-14;5-3(6)1-2-4(7)8/h2-9,15-16H,10-13H2,1H3;1-2H,(H,5,6)(H,7,8)/b;2-1+. The molecule has 29 heavy (non-hydrogen) atoms. The molecule has 7 nitrogen and oxygen atoms in total. The molecule has 0 saturated carbocycles. The number of carboxylic acid groups (broad SMARTS) is 2. The second-order valence-corrected chi connectivity index (χ2v) is 7.21. The van der Waals surface area contributed by atoms with Crippen molar-refractivity contribution < 1.29 is 19.8 Å².